The summed E-state index contributed by atoms with van der Waals surface area (Å²) in [5.74, 6) is 0. The minimum atomic E-state index is 0.494. The fraction of sp³-hybridized carbons (Fsp3) is 0. The Hall–Kier alpha value is -1.09. The molecular formula is C6H4ClN3. The maximum atomic E-state index is 5.62. The van der Waals surface area contributed by atoms with Gasteiger partial charge in [-0.2, -0.15) is 0 Å². The van der Waals surface area contributed by atoms with Crippen molar-refractivity contribution in [3.63, 3.8) is 0 Å². The molecular weight excluding hydrogens is 150 g/mol. The molecule has 0 aromatic carbocycles. The first kappa shape index (κ1) is 5.68. The third-order valence-electron chi connectivity index (χ3n) is 1.23. The number of rotatable bonds is 0. The molecule has 0 saturated heterocycles. The lowest BCUT2D eigenvalue weighted by molar-refractivity contribution is 1.09. The van der Waals surface area contributed by atoms with E-state index in [0.717, 1.165) is 5.65 Å². The molecule has 0 fully saturated rings. The number of hydrogen-bond acceptors (Lipinski definition) is 2. The van der Waals surface area contributed by atoms with Crippen LogP contribution in [0.15, 0.2) is 24.8 Å². The summed E-state index contributed by atoms with van der Waals surface area (Å²) < 4.78 is 1.77. The molecule has 0 aliphatic rings. The molecule has 0 unspecified atom stereocenters. The van der Waals surface area contributed by atoms with Crippen molar-refractivity contribution in [2.24, 2.45) is 0 Å². The van der Waals surface area contributed by atoms with Gasteiger partial charge in [-0.3, -0.25) is 4.40 Å². The van der Waals surface area contributed by atoms with E-state index < -0.39 is 0 Å². The Labute approximate surface area is 62.3 Å². The molecule has 0 spiro atoms. The molecule has 4 heteroatoms. The zero-order chi connectivity index (χ0) is 6.97. The largest absolute Gasteiger partial charge is 0.289 e. The lowest BCUT2D eigenvalue weighted by Gasteiger charge is -1.85. The minimum Gasteiger partial charge on any atom is -0.289 e. The third kappa shape index (κ3) is 0.752. The predicted molar refractivity (Wildman–Crippen MR) is 38.0 cm³/mol. The first-order chi connectivity index (χ1) is 4.86. The Morgan fingerprint density at radius 2 is 2.40 bits per heavy atom. The lowest BCUT2D eigenvalue weighted by Crippen LogP contribution is -1.81. The van der Waals surface area contributed by atoms with Crippen LogP contribution in [0.2, 0.25) is 5.15 Å². The smallest absolute Gasteiger partial charge is 0.148 e. The van der Waals surface area contributed by atoms with Gasteiger partial charge in [-0.15, -0.1) is 0 Å². The second-order valence-corrected chi connectivity index (χ2v) is 2.30. The van der Waals surface area contributed by atoms with Crippen LogP contribution in [0, 0.1) is 0 Å². The molecule has 10 heavy (non-hydrogen) atoms. The summed E-state index contributed by atoms with van der Waals surface area (Å²) in [5.41, 5.74) is 0.819. The van der Waals surface area contributed by atoms with Crippen molar-refractivity contribution in [1.29, 1.82) is 0 Å². The van der Waals surface area contributed by atoms with Crippen LogP contribution in [0.4, 0.5) is 0 Å². The van der Waals surface area contributed by atoms with E-state index in [1.807, 2.05) is 0 Å². The van der Waals surface area contributed by atoms with Gasteiger partial charge in [-0.1, -0.05) is 11.6 Å². The van der Waals surface area contributed by atoms with Gasteiger partial charge in [0.1, 0.15) is 17.1 Å². The normalized spacial score (nSPS) is 10.5. The van der Waals surface area contributed by atoms with E-state index in [-0.39, 0.29) is 0 Å². The van der Waals surface area contributed by atoms with Crippen molar-refractivity contribution in [1.82, 2.24) is 14.4 Å². The first-order valence-corrected chi connectivity index (χ1v) is 3.18. The first-order valence-electron chi connectivity index (χ1n) is 2.80. The van der Waals surface area contributed by atoms with E-state index in [0.29, 0.717) is 5.15 Å². The third-order valence-corrected chi connectivity index (χ3v) is 1.41. The molecule has 0 amide bonds. The topological polar surface area (TPSA) is 30.2 Å². The molecule has 0 N–H and O–H groups in total. The van der Waals surface area contributed by atoms with Gasteiger partial charge in [0.25, 0.3) is 0 Å². The van der Waals surface area contributed by atoms with Crippen LogP contribution in [-0.2, 0) is 0 Å². The second kappa shape index (κ2) is 1.95. The van der Waals surface area contributed by atoms with Crippen LogP contribution >= 0.6 is 11.6 Å². The zero-order valence-corrected chi connectivity index (χ0v) is 5.78. The number of nitrogens with zero attached hydrogens (tertiary/aromatic N) is 3. The lowest BCUT2D eigenvalue weighted by atomic mass is 10.6. The van der Waals surface area contributed by atoms with Crippen LogP contribution in [0.3, 0.4) is 0 Å². The molecule has 0 radical (unpaired) electrons. The van der Waals surface area contributed by atoms with Gasteiger partial charge in [0.05, 0.1) is 0 Å². The Kier molecular flexibility index (Phi) is 1.11. The Bertz CT molecular complexity index is 322. The predicted octanol–water partition coefficient (Wildman–Crippen LogP) is 1.38. The van der Waals surface area contributed by atoms with Gasteiger partial charge < -0.3 is 0 Å². The van der Waals surface area contributed by atoms with Gasteiger partial charge >= 0.3 is 0 Å². The van der Waals surface area contributed by atoms with Gasteiger partial charge in [0, 0.05) is 12.4 Å². The van der Waals surface area contributed by atoms with Crippen LogP contribution < -0.4 is 0 Å². The van der Waals surface area contributed by atoms with E-state index in [9.17, 15) is 0 Å². The fourth-order valence-electron chi connectivity index (χ4n) is 0.813. The number of fused-ring (bicyclic) bond motifs is 1. The molecule has 0 atom stereocenters. The van der Waals surface area contributed by atoms with Gasteiger partial charge in [-0.25, -0.2) is 9.97 Å². The highest BCUT2D eigenvalue weighted by Crippen LogP contribution is 2.07. The van der Waals surface area contributed by atoms with Crippen molar-refractivity contribution in [2.75, 3.05) is 0 Å². The van der Waals surface area contributed by atoms with Crippen molar-refractivity contribution in [3.8, 4) is 0 Å². The highest BCUT2D eigenvalue weighted by molar-refractivity contribution is 6.29. The Balaban J connectivity index is 2.88. The standard InChI is InChI=1S/C6H4ClN3/c7-5-3-10-4-8-2-1-6(10)9-5/h1-4H. The van der Waals surface area contributed by atoms with Gasteiger partial charge in [0.15, 0.2) is 0 Å². The molecule has 3 nitrogen and oxygen atoms in total. The highest BCUT2D eigenvalue weighted by atomic mass is 35.5. The summed E-state index contributed by atoms with van der Waals surface area (Å²) in [4.78, 5) is 7.89. The van der Waals surface area contributed by atoms with E-state index >= 15 is 0 Å². The van der Waals surface area contributed by atoms with Crippen molar-refractivity contribution >= 4 is 17.2 Å². The minimum absolute atomic E-state index is 0.494. The molecule has 0 aliphatic carbocycles. The van der Waals surface area contributed by atoms with E-state index in [1.54, 1.807) is 29.2 Å². The molecule has 0 aliphatic heterocycles. The zero-order valence-electron chi connectivity index (χ0n) is 5.03. The van der Waals surface area contributed by atoms with Crippen LogP contribution in [0.5, 0.6) is 0 Å². The fourth-order valence-corrected chi connectivity index (χ4v) is 1.00. The molecule has 2 aromatic heterocycles. The molecule has 2 heterocycles. The second-order valence-electron chi connectivity index (χ2n) is 1.91. The number of hydrogen-bond donors (Lipinski definition) is 0. The summed E-state index contributed by atoms with van der Waals surface area (Å²) in [7, 11) is 0. The van der Waals surface area contributed by atoms with Crippen LogP contribution in [0.25, 0.3) is 5.65 Å². The van der Waals surface area contributed by atoms with Crippen molar-refractivity contribution in [2.45, 2.75) is 0 Å². The Morgan fingerprint density at radius 3 is 3.20 bits per heavy atom. The summed E-state index contributed by atoms with van der Waals surface area (Å²) in [6.45, 7) is 0. The summed E-state index contributed by atoms with van der Waals surface area (Å²) >= 11 is 5.62. The summed E-state index contributed by atoms with van der Waals surface area (Å²) in [5, 5.41) is 0.494. The average Bonchev–Trinajstić information content (AvgIpc) is 2.27. The molecule has 2 aromatic rings. The monoisotopic (exact) mass is 153 g/mol. The number of aromatic nitrogens is 3. The van der Waals surface area contributed by atoms with E-state index in [1.165, 1.54) is 0 Å². The maximum absolute atomic E-state index is 5.62. The molecule has 0 saturated carbocycles. The van der Waals surface area contributed by atoms with E-state index in [2.05, 4.69) is 9.97 Å². The average molecular weight is 154 g/mol. The quantitative estimate of drug-likeness (QED) is 0.573. The summed E-state index contributed by atoms with van der Waals surface area (Å²) in [6.07, 6.45) is 5.05. The van der Waals surface area contributed by atoms with Crippen LogP contribution in [0.1, 0.15) is 0 Å². The number of halogens is 1. The van der Waals surface area contributed by atoms with Crippen LogP contribution in [-0.4, -0.2) is 14.4 Å². The molecule has 2 rings (SSSR count). The molecule has 50 valence electrons. The van der Waals surface area contributed by atoms with Crippen molar-refractivity contribution in [3.05, 3.63) is 29.9 Å². The van der Waals surface area contributed by atoms with E-state index in [4.69, 9.17) is 11.6 Å². The molecule has 0 bridgehead atoms. The van der Waals surface area contributed by atoms with Gasteiger partial charge in [0.2, 0.25) is 0 Å². The van der Waals surface area contributed by atoms with Gasteiger partial charge in [-0.05, 0) is 6.07 Å². The maximum Gasteiger partial charge on any atom is 0.148 e. The number of imidazole rings is 1. The Morgan fingerprint density at radius 1 is 1.50 bits per heavy atom. The summed E-state index contributed by atoms with van der Waals surface area (Å²) in [6, 6.07) is 1.80. The van der Waals surface area contributed by atoms with Crippen molar-refractivity contribution < 1.29 is 0 Å². The SMILES string of the molecule is Clc1cn2cnccc2n1. The highest BCUT2D eigenvalue weighted by Gasteiger charge is 1.94.